The number of hydrogen-bond acceptors (Lipinski definition) is 7. The molecule has 3 unspecified atom stereocenters. The van der Waals surface area contributed by atoms with Crippen LogP contribution in [0.2, 0.25) is 0 Å². The number of carbonyl (C=O) groups is 2. The van der Waals surface area contributed by atoms with Gasteiger partial charge in [0.15, 0.2) is 23.5 Å². The first-order valence-electron chi connectivity index (χ1n) is 11.5. The predicted octanol–water partition coefficient (Wildman–Crippen LogP) is 1.44. The van der Waals surface area contributed by atoms with Gasteiger partial charge in [-0.25, -0.2) is 0 Å². The largest absolute Gasteiger partial charge is 0.393 e. The molecule has 0 amide bonds. The molecule has 0 spiro atoms. The Labute approximate surface area is 182 Å². The number of rotatable bonds is 4. The molecule has 0 aromatic carbocycles. The van der Waals surface area contributed by atoms with Crippen LogP contribution in [0.5, 0.6) is 0 Å². The number of hydrogen-bond donors (Lipinski definition) is 3. The predicted molar refractivity (Wildman–Crippen MR) is 110 cm³/mol. The second kappa shape index (κ2) is 7.06. The molecule has 9 atom stereocenters. The van der Waals surface area contributed by atoms with E-state index in [2.05, 4.69) is 0 Å². The van der Waals surface area contributed by atoms with Crippen molar-refractivity contribution in [3.8, 4) is 0 Å². The summed E-state index contributed by atoms with van der Waals surface area (Å²) in [5.41, 5.74) is -2.68. The minimum absolute atomic E-state index is 0.0134. The molecular weight excluding hydrogens is 400 g/mol. The molecular formula is C24H32O7. The topological polar surface area (TPSA) is 113 Å². The first kappa shape index (κ1) is 21.5. The van der Waals surface area contributed by atoms with E-state index in [1.54, 1.807) is 6.08 Å². The van der Waals surface area contributed by atoms with Crippen LogP contribution in [0.3, 0.4) is 0 Å². The Kier molecular flexibility index (Phi) is 4.89. The summed E-state index contributed by atoms with van der Waals surface area (Å²) in [6, 6.07) is 0. The van der Waals surface area contributed by atoms with Gasteiger partial charge < -0.3 is 24.8 Å². The van der Waals surface area contributed by atoms with Crippen LogP contribution in [-0.2, 0) is 19.1 Å². The SMILES string of the molecule is CCCC1O[C@@H]2CC3C4CCC5=CC(=O)C=C[C@]5(O)[C@H]4[C@@H](O)C[C@]3(C)[C@]2(C(=O)CO)O1. The maximum Gasteiger partial charge on any atom is 0.193 e. The van der Waals surface area contributed by atoms with Gasteiger partial charge in [0.2, 0.25) is 0 Å². The van der Waals surface area contributed by atoms with Gasteiger partial charge in [-0.2, -0.15) is 0 Å². The van der Waals surface area contributed by atoms with E-state index in [0.717, 1.165) is 6.42 Å². The van der Waals surface area contributed by atoms with Crippen molar-refractivity contribution in [3.63, 3.8) is 0 Å². The minimum atomic E-state index is -1.35. The second-order valence-electron chi connectivity index (χ2n) is 10.3. The lowest BCUT2D eigenvalue weighted by Crippen LogP contribution is -2.65. The van der Waals surface area contributed by atoms with Gasteiger partial charge in [0.1, 0.15) is 12.2 Å². The third-order valence-corrected chi connectivity index (χ3v) is 8.92. The Bertz CT molecular complexity index is 864. The summed E-state index contributed by atoms with van der Waals surface area (Å²) in [4.78, 5) is 25.0. The summed E-state index contributed by atoms with van der Waals surface area (Å²) >= 11 is 0. The number of fused-ring (bicyclic) bond motifs is 7. The highest BCUT2D eigenvalue weighted by Gasteiger charge is 2.75. The van der Waals surface area contributed by atoms with Gasteiger partial charge in [0.25, 0.3) is 0 Å². The van der Waals surface area contributed by atoms with Crippen molar-refractivity contribution >= 4 is 11.6 Å². The molecule has 0 bridgehead atoms. The zero-order valence-electron chi connectivity index (χ0n) is 18.1. The summed E-state index contributed by atoms with van der Waals surface area (Å²) in [5.74, 6) is -1.05. The molecule has 1 heterocycles. The average molecular weight is 433 g/mol. The highest BCUT2D eigenvalue weighted by atomic mass is 16.7. The lowest BCUT2D eigenvalue weighted by atomic mass is 9.48. The number of aliphatic hydroxyl groups excluding tert-OH is 2. The fourth-order valence-corrected chi connectivity index (χ4v) is 7.74. The molecule has 0 aromatic heterocycles. The summed E-state index contributed by atoms with van der Waals surface area (Å²) in [6.07, 6.45) is 6.23. The molecule has 0 aromatic rings. The quantitative estimate of drug-likeness (QED) is 0.616. The van der Waals surface area contributed by atoms with E-state index < -0.39 is 47.6 Å². The summed E-state index contributed by atoms with van der Waals surface area (Å²) in [5, 5.41) is 32.8. The van der Waals surface area contributed by atoms with Gasteiger partial charge in [-0.15, -0.1) is 0 Å². The Morgan fingerprint density at radius 3 is 2.84 bits per heavy atom. The van der Waals surface area contributed by atoms with Gasteiger partial charge in [-0.05, 0) is 67.7 Å². The van der Waals surface area contributed by atoms with Gasteiger partial charge in [-0.3, -0.25) is 9.59 Å². The van der Waals surface area contributed by atoms with Gasteiger partial charge in [-0.1, -0.05) is 20.3 Å². The van der Waals surface area contributed by atoms with E-state index in [0.29, 0.717) is 31.3 Å². The minimum Gasteiger partial charge on any atom is -0.393 e. The van der Waals surface area contributed by atoms with Gasteiger partial charge in [0, 0.05) is 11.3 Å². The van der Waals surface area contributed by atoms with Crippen LogP contribution in [-0.4, -0.2) is 63.2 Å². The maximum absolute atomic E-state index is 13.2. The van der Waals surface area contributed by atoms with Crippen molar-refractivity contribution in [1.82, 2.24) is 0 Å². The highest BCUT2D eigenvalue weighted by Crippen LogP contribution is 2.68. The standard InChI is InChI=1S/C24H32O7/c1-3-4-20-30-19-10-16-15-6-5-13-9-14(26)7-8-23(13,29)21(15)17(27)11-22(16,2)24(19,31-20)18(28)12-25/h7-9,15-17,19-21,25,27,29H,3-6,10-12H2,1-2H3/t15?,16?,17-,19+,20?,21+,22-,23+,24+/m0/s1. The first-order valence-corrected chi connectivity index (χ1v) is 11.5. The summed E-state index contributed by atoms with van der Waals surface area (Å²) in [7, 11) is 0. The number of ketones is 2. The van der Waals surface area contributed by atoms with Crippen molar-refractivity contribution in [3.05, 3.63) is 23.8 Å². The molecule has 7 heteroatoms. The fraction of sp³-hybridized carbons (Fsp3) is 0.750. The van der Waals surface area contributed by atoms with E-state index in [1.807, 2.05) is 13.8 Å². The molecule has 1 saturated heterocycles. The maximum atomic E-state index is 13.2. The number of Topliss-reactive ketones (excluding diaryl/α,β-unsaturated/α-hetero) is 1. The van der Waals surface area contributed by atoms with Crippen LogP contribution in [0, 0.1) is 23.2 Å². The van der Waals surface area contributed by atoms with Crippen molar-refractivity contribution in [2.45, 2.75) is 82.1 Å². The van der Waals surface area contributed by atoms with Crippen molar-refractivity contribution < 1.29 is 34.4 Å². The third-order valence-electron chi connectivity index (χ3n) is 8.92. The first-order chi connectivity index (χ1) is 14.7. The fourth-order valence-electron chi connectivity index (χ4n) is 7.74. The molecule has 5 aliphatic rings. The van der Waals surface area contributed by atoms with Crippen molar-refractivity contribution in [2.24, 2.45) is 23.2 Å². The van der Waals surface area contributed by atoms with Crippen LogP contribution >= 0.6 is 0 Å². The Morgan fingerprint density at radius 2 is 2.13 bits per heavy atom. The number of ether oxygens (including phenoxy) is 2. The Balaban J connectivity index is 1.55. The van der Waals surface area contributed by atoms with Gasteiger partial charge >= 0.3 is 0 Å². The van der Waals surface area contributed by atoms with Crippen LogP contribution in [0.25, 0.3) is 0 Å². The monoisotopic (exact) mass is 432 g/mol. The number of allylic oxidation sites excluding steroid dienone is 2. The molecule has 5 rings (SSSR count). The molecule has 0 radical (unpaired) electrons. The summed E-state index contributed by atoms with van der Waals surface area (Å²) in [6.45, 7) is 3.38. The molecule has 3 saturated carbocycles. The van der Waals surface area contributed by atoms with Crippen molar-refractivity contribution in [1.29, 1.82) is 0 Å². The third kappa shape index (κ3) is 2.64. The second-order valence-corrected chi connectivity index (χ2v) is 10.3. The summed E-state index contributed by atoms with van der Waals surface area (Å²) < 4.78 is 12.5. The normalized spacial score (nSPS) is 50.4. The van der Waals surface area contributed by atoms with Crippen LogP contribution < -0.4 is 0 Å². The molecule has 4 fully saturated rings. The molecule has 7 nitrogen and oxygen atoms in total. The zero-order valence-corrected chi connectivity index (χ0v) is 18.1. The van der Waals surface area contributed by atoms with Gasteiger partial charge in [0.05, 0.1) is 12.2 Å². The lowest BCUT2D eigenvalue weighted by Gasteiger charge is -2.58. The molecule has 1 aliphatic heterocycles. The van der Waals surface area contributed by atoms with E-state index >= 15 is 0 Å². The van der Waals surface area contributed by atoms with E-state index in [4.69, 9.17) is 9.47 Å². The molecule has 3 N–H and O–H groups in total. The Hall–Kier alpha value is -1.38. The number of carbonyl (C=O) groups excluding carboxylic acids is 2. The van der Waals surface area contributed by atoms with Crippen LogP contribution in [0.1, 0.15) is 52.4 Å². The van der Waals surface area contributed by atoms with E-state index in [-0.39, 0.29) is 29.8 Å². The number of aliphatic hydroxyl groups is 3. The average Bonchev–Trinajstić information content (AvgIpc) is 3.20. The lowest BCUT2D eigenvalue weighted by molar-refractivity contribution is -0.206. The van der Waals surface area contributed by atoms with E-state index in [1.165, 1.54) is 12.2 Å². The van der Waals surface area contributed by atoms with E-state index in [9.17, 15) is 24.9 Å². The highest BCUT2D eigenvalue weighted by molar-refractivity contribution is 6.01. The Morgan fingerprint density at radius 1 is 1.35 bits per heavy atom. The zero-order chi connectivity index (χ0) is 22.2. The van der Waals surface area contributed by atoms with Crippen LogP contribution in [0.15, 0.2) is 23.8 Å². The van der Waals surface area contributed by atoms with Crippen molar-refractivity contribution in [2.75, 3.05) is 6.61 Å². The smallest absolute Gasteiger partial charge is 0.193 e. The molecule has 4 aliphatic carbocycles. The molecule has 170 valence electrons. The molecule has 31 heavy (non-hydrogen) atoms. The van der Waals surface area contributed by atoms with Crippen LogP contribution in [0.4, 0.5) is 0 Å².